The van der Waals surface area contributed by atoms with Crippen LogP contribution in [0.15, 0.2) is 60.2 Å². The van der Waals surface area contributed by atoms with Gasteiger partial charge in [0.25, 0.3) is 0 Å². The van der Waals surface area contributed by atoms with Crippen molar-refractivity contribution in [2.24, 2.45) is 0 Å². The van der Waals surface area contributed by atoms with Crippen LogP contribution in [0.4, 0.5) is 0 Å². The number of aliphatic hydroxyl groups is 1. The summed E-state index contributed by atoms with van der Waals surface area (Å²) < 4.78 is 7.27. The topological polar surface area (TPSA) is 47.3 Å². The van der Waals surface area contributed by atoms with E-state index in [2.05, 4.69) is 5.10 Å². The highest BCUT2D eigenvalue weighted by atomic mass is 32.1. The molecular weight excluding hydrogens is 296 g/mol. The van der Waals surface area contributed by atoms with E-state index in [-0.39, 0.29) is 0 Å². The van der Waals surface area contributed by atoms with E-state index in [4.69, 9.17) is 4.74 Å². The molecule has 114 valence electrons. The van der Waals surface area contributed by atoms with Crippen LogP contribution in [0.1, 0.15) is 4.88 Å². The lowest BCUT2D eigenvalue weighted by Crippen LogP contribution is -2.22. The smallest absolute Gasteiger partial charge is 0.0969 e. The highest BCUT2D eigenvalue weighted by Crippen LogP contribution is 2.17. The highest BCUT2D eigenvalue weighted by Gasteiger charge is 2.08. The first-order chi connectivity index (χ1) is 10.8. The molecule has 0 aliphatic rings. The van der Waals surface area contributed by atoms with E-state index in [0.29, 0.717) is 19.8 Å². The number of aromatic nitrogens is 2. The predicted octanol–water partition coefficient (Wildman–Crippen LogP) is 3.19. The lowest BCUT2D eigenvalue weighted by atomic mass is 10.1. The van der Waals surface area contributed by atoms with Crippen LogP contribution in [-0.2, 0) is 17.9 Å². The van der Waals surface area contributed by atoms with Crippen LogP contribution >= 0.6 is 11.3 Å². The molecule has 0 fully saturated rings. The Hall–Kier alpha value is -1.95. The first-order valence-electron chi connectivity index (χ1n) is 7.17. The minimum Gasteiger partial charge on any atom is -0.389 e. The van der Waals surface area contributed by atoms with Crippen LogP contribution in [0.3, 0.4) is 0 Å². The molecule has 0 radical (unpaired) electrons. The number of benzene rings is 1. The molecule has 2 heterocycles. The Morgan fingerprint density at radius 2 is 2.00 bits per heavy atom. The van der Waals surface area contributed by atoms with Gasteiger partial charge in [0, 0.05) is 16.6 Å². The van der Waals surface area contributed by atoms with E-state index in [0.717, 1.165) is 16.0 Å². The number of hydrogen-bond donors (Lipinski definition) is 1. The summed E-state index contributed by atoms with van der Waals surface area (Å²) >= 11 is 1.66. The van der Waals surface area contributed by atoms with E-state index in [1.165, 1.54) is 0 Å². The average Bonchev–Trinajstić information content (AvgIpc) is 3.20. The Morgan fingerprint density at radius 3 is 2.77 bits per heavy atom. The molecule has 1 atom stereocenters. The number of aliphatic hydroxyl groups excluding tert-OH is 1. The Morgan fingerprint density at radius 1 is 1.14 bits per heavy atom. The van der Waals surface area contributed by atoms with Crippen LogP contribution in [-0.4, -0.2) is 27.6 Å². The van der Waals surface area contributed by atoms with Crippen LogP contribution in [0.5, 0.6) is 0 Å². The van der Waals surface area contributed by atoms with Gasteiger partial charge in [-0.25, -0.2) is 0 Å². The summed E-state index contributed by atoms with van der Waals surface area (Å²) in [5.41, 5.74) is 2.17. The monoisotopic (exact) mass is 314 g/mol. The van der Waals surface area contributed by atoms with Crippen LogP contribution in [0.2, 0.25) is 0 Å². The van der Waals surface area contributed by atoms with Crippen molar-refractivity contribution in [1.82, 2.24) is 9.78 Å². The molecule has 0 saturated carbocycles. The first-order valence-corrected chi connectivity index (χ1v) is 8.05. The molecule has 3 rings (SSSR count). The summed E-state index contributed by atoms with van der Waals surface area (Å²) in [5, 5.41) is 16.3. The van der Waals surface area contributed by atoms with Gasteiger partial charge in [0.1, 0.15) is 0 Å². The molecule has 22 heavy (non-hydrogen) atoms. The number of ether oxygens (including phenoxy) is 1. The van der Waals surface area contributed by atoms with Gasteiger partial charge in [0.05, 0.1) is 32.1 Å². The Balaban J connectivity index is 1.49. The molecule has 1 aromatic carbocycles. The van der Waals surface area contributed by atoms with Gasteiger partial charge in [-0.05, 0) is 17.0 Å². The molecule has 0 aliphatic heterocycles. The maximum Gasteiger partial charge on any atom is 0.0969 e. The minimum absolute atomic E-state index is 0.304. The van der Waals surface area contributed by atoms with E-state index >= 15 is 0 Å². The molecule has 0 amide bonds. The third-order valence-corrected chi connectivity index (χ3v) is 4.12. The van der Waals surface area contributed by atoms with Crippen LogP contribution in [0, 0.1) is 0 Å². The lowest BCUT2D eigenvalue weighted by Gasteiger charge is -2.10. The zero-order chi connectivity index (χ0) is 15.2. The molecule has 0 bridgehead atoms. The van der Waals surface area contributed by atoms with Crippen molar-refractivity contribution in [2.45, 2.75) is 19.3 Å². The van der Waals surface area contributed by atoms with Crippen molar-refractivity contribution < 1.29 is 9.84 Å². The molecule has 2 aromatic heterocycles. The van der Waals surface area contributed by atoms with Crippen molar-refractivity contribution >= 4 is 11.3 Å². The number of nitrogens with zero attached hydrogens (tertiary/aromatic N) is 2. The maximum atomic E-state index is 10.0. The largest absolute Gasteiger partial charge is 0.389 e. The van der Waals surface area contributed by atoms with Gasteiger partial charge in [-0.15, -0.1) is 11.3 Å². The van der Waals surface area contributed by atoms with Crippen LogP contribution < -0.4 is 0 Å². The van der Waals surface area contributed by atoms with Gasteiger partial charge in [0.2, 0.25) is 0 Å². The Bertz CT molecular complexity index is 680. The molecule has 1 unspecified atom stereocenters. The quantitative estimate of drug-likeness (QED) is 0.728. The zero-order valence-corrected chi connectivity index (χ0v) is 12.9. The lowest BCUT2D eigenvalue weighted by molar-refractivity contribution is 0.0196. The van der Waals surface area contributed by atoms with E-state index in [1.54, 1.807) is 16.0 Å². The van der Waals surface area contributed by atoms with Crippen molar-refractivity contribution in [3.8, 4) is 11.1 Å². The summed E-state index contributed by atoms with van der Waals surface area (Å²) in [4.78, 5) is 1.16. The highest BCUT2D eigenvalue weighted by molar-refractivity contribution is 7.09. The fraction of sp³-hybridized carbons (Fsp3) is 0.235. The molecule has 0 saturated heterocycles. The minimum atomic E-state index is -0.566. The van der Waals surface area contributed by atoms with Gasteiger partial charge < -0.3 is 9.84 Å². The van der Waals surface area contributed by atoms with E-state index < -0.39 is 6.10 Å². The van der Waals surface area contributed by atoms with Gasteiger partial charge in [0.15, 0.2) is 0 Å². The van der Waals surface area contributed by atoms with Gasteiger partial charge in [-0.2, -0.15) is 5.10 Å². The fourth-order valence-corrected chi connectivity index (χ4v) is 2.84. The second kappa shape index (κ2) is 7.35. The summed E-state index contributed by atoms with van der Waals surface area (Å²) in [5.74, 6) is 0. The van der Waals surface area contributed by atoms with Crippen molar-refractivity contribution in [1.29, 1.82) is 0 Å². The number of thiophene rings is 1. The molecule has 3 aromatic rings. The summed E-state index contributed by atoms with van der Waals surface area (Å²) in [7, 11) is 0. The van der Waals surface area contributed by atoms with E-state index in [1.807, 2.05) is 60.2 Å². The van der Waals surface area contributed by atoms with Crippen molar-refractivity contribution in [2.75, 3.05) is 6.61 Å². The molecule has 4 nitrogen and oxygen atoms in total. The van der Waals surface area contributed by atoms with Crippen LogP contribution in [0.25, 0.3) is 11.1 Å². The molecular formula is C17H18N2O2S. The molecule has 0 aliphatic carbocycles. The second-order valence-electron chi connectivity index (χ2n) is 5.07. The molecule has 0 spiro atoms. The SMILES string of the molecule is OC(COCc1cccs1)Cn1cc(-c2ccccc2)cn1. The fourth-order valence-electron chi connectivity index (χ4n) is 2.20. The maximum absolute atomic E-state index is 10.0. The Labute approximate surface area is 133 Å². The summed E-state index contributed by atoms with van der Waals surface area (Å²) in [6.45, 7) is 1.28. The second-order valence-corrected chi connectivity index (χ2v) is 6.10. The van der Waals surface area contributed by atoms with E-state index in [9.17, 15) is 5.11 Å². The normalized spacial score (nSPS) is 12.4. The third kappa shape index (κ3) is 4.04. The standard InChI is InChI=1S/C17H18N2O2S/c20-16(12-21-13-17-7-4-8-22-17)11-19-10-15(9-18-19)14-5-2-1-3-6-14/h1-10,16,20H,11-13H2. The average molecular weight is 314 g/mol. The van der Waals surface area contributed by atoms with Gasteiger partial charge in [-0.3, -0.25) is 4.68 Å². The summed E-state index contributed by atoms with van der Waals surface area (Å²) in [6, 6.07) is 14.1. The predicted molar refractivity (Wildman–Crippen MR) is 87.6 cm³/mol. The number of hydrogen-bond acceptors (Lipinski definition) is 4. The van der Waals surface area contributed by atoms with Crippen molar-refractivity contribution in [3.05, 3.63) is 65.1 Å². The molecule has 5 heteroatoms. The van der Waals surface area contributed by atoms with Gasteiger partial charge in [-0.1, -0.05) is 36.4 Å². The van der Waals surface area contributed by atoms with Gasteiger partial charge >= 0.3 is 0 Å². The zero-order valence-electron chi connectivity index (χ0n) is 12.1. The Kier molecular flexibility index (Phi) is 5.00. The third-order valence-electron chi connectivity index (χ3n) is 3.27. The molecule has 1 N–H and O–H groups in total. The van der Waals surface area contributed by atoms with Crippen molar-refractivity contribution in [3.63, 3.8) is 0 Å². The first kappa shape index (κ1) is 15.0. The summed E-state index contributed by atoms with van der Waals surface area (Å²) in [6.07, 6.45) is 3.19. The number of rotatable bonds is 7.